The lowest BCUT2D eigenvalue weighted by molar-refractivity contribution is -0.118. The number of nitrogens with one attached hydrogen (secondary N) is 2. The van der Waals surface area contributed by atoms with Crippen LogP contribution in [0.25, 0.3) is 22.2 Å². The Kier molecular flexibility index (Phi) is 7.22. The Morgan fingerprint density at radius 1 is 1.12 bits per heavy atom. The third kappa shape index (κ3) is 4.94. The number of amides is 1. The molecule has 9 heteroatoms. The third-order valence-corrected chi connectivity index (χ3v) is 6.50. The second-order valence-corrected chi connectivity index (χ2v) is 8.57. The molecular weight excluding hydrogens is 452 g/mol. The molecule has 8 nitrogen and oxygen atoms in total. The molecule has 0 saturated carbocycles. The zero-order valence-corrected chi connectivity index (χ0v) is 20.1. The van der Waals surface area contributed by atoms with Crippen molar-refractivity contribution in [2.24, 2.45) is 7.05 Å². The van der Waals surface area contributed by atoms with Gasteiger partial charge in [-0.1, -0.05) is 48.2 Å². The van der Waals surface area contributed by atoms with Gasteiger partial charge < -0.3 is 19.8 Å². The molecule has 4 aromatic rings. The molecular formula is C25H26N4O4S. The van der Waals surface area contributed by atoms with Crippen molar-refractivity contribution in [1.29, 1.82) is 0 Å². The average Bonchev–Trinajstić information content (AvgIpc) is 3.29. The fraction of sp³-hybridized carbons (Fsp3) is 0.240. The van der Waals surface area contributed by atoms with E-state index in [4.69, 9.17) is 14.5 Å². The first-order chi connectivity index (χ1) is 16.5. The van der Waals surface area contributed by atoms with Crippen molar-refractivity contribution in [3.8, 4) is 22.6 Å². The second kappa shape index (κ2) is 10.5. The normalized spacial score (nSPS) is 10.9. The Balaban J connectivity index is 1.40. The van der Waals surface area contributed by atoms with Gasteiger partial charge in [0.15, 0.2) is 16.7 Å². The zero-order valence-electron chi connectivity index (χ0n) is 19.3. The number of carbonyl (C=O) groups excluding carboxylic acids is 1. The second-order valence-electron chi connectivity index (χ2n) is 7.63. The van der Waals surface area contributed by atoms with Crippen LogP contribution in [0, 0.1) is 0 Å². The Labute approximate surface area is 201 Å². The molecule has 0 unspecified atom stereocenters. The molecule has 0 saturated heterocycles. The molecule has 0 fully saturated rings. The predicted molar refractivity (Wildman–Crippen MR) is 134 cm³/mol. The van der Waals surface area contributed by atoms with E-state index in [0.717, 1.165) is 16.7 Å². The quantitative estimate of drug-likeness (QED) is 0.283. The summed E-state index contributed by atoms with van der Waals surface area (Å²) in [5, 5.41) is 3.41. The van der Waals surface area contributed by atoms with Crippen LogP contribution in [0.5, 0.6) is 11.5 Å². The molecule has 34 heavy (non-hydrogen) atoms. The third-order valence-electron chi connectivity index (χ3n) is 5.47. The smallest absolute Gasteiger partial charge is 0.278 e. The molecule has 2 N–H and O–H groups in total. The maximum atomic E-state index is 12.8. The van der Waals surface area contributed by atoms with Gasteiger partial charge in [0, 0.05) is 25.4 Å². The van der Waals surface area contributed by atoms with Crippen LogP contribution in [-0.4, -0.2) is 47.0 Å². The van der Waals surface area contributed by atoms with Gasteiger partial charge in [-0.3, -0.25) is 14.2 Å². The molecule has 0 aliphatic heterocycles. The number of H-pyrrole nitrogens is 1. The standard InChI is InChI=1S/C25H26N4O4S/c1-29-24(31)23-22(18(14-27-23)17-7-5-4-6-8-17)28-25(29)34-15-21(30)26-12-11-16-9-10-19(32-2)20(13-16)33-3/h4-10,13-14,27H,11-12,15H2,1-3H3,(H,26,30). The highest BCUT2D eigenvalue weighted by molar-refractivity contribution is 7.99. The molecule has 0 radical (unpaired) electrons. The molecule has 0 atom stereocenters. The fourth-order valence-electron chi connectivity index (χ4n) is 3.65. The number of hydrogen-bond acceptors (Lipinski definition) is 6. The number of aromatic amines is 1. The number of nitrogens with zero attached hydrogens (tertiary/aromatic N) is 2. The van der Waals surface area contributed by atoms with Gasteiger partial charge in [-0.15, -0.1) is 0 Å². The predicted octanol–water partition coefficient (Wildman–Crippen LogP) is 3.40. The molecule has 2 heterocycles. The van der Waals surface area contributed by atoms with Crippen molar-refractivity contribution in [2.45, 2.75) is 11.6 Å². The topological polar surface area (TPSA) is 98.2 Å². The number of thioether (sulfide) groups is 1. The van der Waals surface area contributed by atoms with Gasteiger partial charge >= 0.3 is 0 Å². The zero-order chi connectivity index (χ0) is 24.1. The largest absolute Gasteiger partial charge is 0.493 e. The number of aromatic nitrogens is 3. The van der Waals surface area contributed by atoms with E-state index in [1.165, 1.54) is 16.3 Å². The molecule has 4 rings (SSSR count). The van der Waals surface area contributed by atoms with E-state index in [1.807, 2.05) is 48.5 Å². The number of rotatable bonds is 9. The summed E-state index contributed by atoms with van der Waals surface area (Å²) in [6.07, 6.45) is 2.45. The Morgan fingerprint density at radius 2 is 1.88 bits per heavy atom. The lowest BCUT2D eigenvalue weighted by atomic mass is 10.1. The minimum Gasteiger partial charge on any atom is -0.493 e. The van der Waals surface area contributed by atoms with E-state index >= 15 is 0 Å². The number of carbonyl (C=O) groups is 1. The molecule has 0 spiro atoms. The lowest BCUT2D eigenvalue weighted by Crippen LogP contribution is -2.28. The molecule has 0 aliphatic rings. The van der Waals surface area contributed by atoms with Gasteiger partial charge in [0.25, 0.3) is 5.56 Å². The van der Waals surface area contributed by atoms with Crippen molar-refractivity contribution in [3.63, 3.8) is 0 Å². The van der Waals surface area contributed by atoms with Gasteiger partial charge in [-0.25, -0.2) is 4.98 Å². The summed E-state index contributed by atoms with van der Waals surface area (Å²) >= 11 is 1.24. The molecule has 2 aromatic heterocycles. The highest BCUT2D eigenvalue weighted by Gasteiger charge is 2.16. The van der Waals surface area contributed by atoms with Gasteiger partial charge in [0.05, 0.1) is 20.0 Å². The van der Waals surface area contributed by atoms with Crippen LogP contribution >= 0.6 is 11.8 Å². The molecule has 2 aromatic carbocycles. The summed E-state index contributed by atoms with van der Waals surface area (Å²) in [7, 11) is 4.85. The minimum absolute atomic E-state index is 0.128. The van der Waals surface area contributed by atoms with Crippen LogP contribution in [0.3, 0.4) is 0 Å². The monoisotopic (exact) mass is 478 g/mol. The Morgan fingerprint density at radius 3 is 2.62 bits per heavy atom. The number of fused-ring (bicyclic) bond motifs is 1. The van der Waals surface area contributed by atoms with Crippen LogP contribution < -0.4 is 20.3 Å². The number of methoxy groups -OCH3 is 2. The van der Waals surface area contributed by atoms with Gasteiger partial charge in [0.1, 0.15) is 11.0 Å². The summed E-state index contributed by atoms with van der Waals surface area (Å²) in [6, 6.07) is 15.5. The van der Waals surface area contributed by atoms with E-state index in [1.54, 1.807) is 27.5 Å². The van der Waals surface area contributed by atoms with E-state index in [0.29, 0.717) is 40.7 Å². The summed E-state index contributed by atoms with van der Waals surface area (Å²) in [6.45, 7) is 0.482. The van der Waals surface area contributed by atoms with Crippen molar-refractivity contribution in [3.05, 3.63) is 70.6 Å². The first-order valence-corrected chi connectivity index (χ1v) is 11.7. The van der Waals surface area contributed by atoms with Gasteiger partial charge in [-0.05, 0) is 29.7 Å². The van der Waals surface area contributed by atoms with Crippen LogP contribution in [0.2, 0.25) is 0 Å². The lowest BCUT2D eigenvalue weighted by Gasteiger charge is -2.10. The van der Waals surface area contributed by atoms with Gasteiger partial charge in [0.2, 0.25) is 5.91 Å². The van der Waals surface area contributed by atoms with Crippen molar-refractivity contribution in [2.75, 3.05) is 26.5 Å². The van der Waals surface area contributed by atoms with E-state index in [2.05, 4.69) is 10.3 Å². The summed E-state index contributed by atoms with van der Waals surface area (Å²) in [5.74, 6) is 1.35. The molecule has 0 aliphatic carbocycles. The van der Waals surface area contributed by atoms with Crippen molar-refractivity contribution in [1.82, 2.24) is 19.9 Å². The molecule has 1 amide bonds. The van der Waals surface area contributed by atoms with Crippen molar-refractivity contribution >= 4 is 28.7 Å². The fourth-order valence-corrected chi connectivity index (χ4v) is 4.45. The maximum Gasteiger partial charge on any atom is 0.278 e. The minimum atomic E-state index is -0.177. The SMILES string of the molecule is COc1ccc(CCNC(=O)CSc2nc3c(-c4ccccc4)c[nH]c3c(=O)n2C)cc1OC. The van der Waals surface area contributed by atoms with Crippen LogP contribution in [0.1, 0.15) is 5.56 Å². The van der Waals surface area contributed by atoms with E-state index in [9.17, 15) is 9.59 Å². The highest BCUT2D eigenvalue weighted by atomic mass is 32.2. The number of benzene rings is 2. The summed E-state index contributed by atoms with van der Waals surface area (Å²) in [4.78, 5) is 33.0. The molecule has 0 bridgehead atoms. The first-order valence-electron chi connectivity index (χ1n) is 10.8. The van der Waals surface area contributed by atoms with Crippen molar-refractivity contribution < 1.29 is 14.3 Å². The number of ether oxygens (including phenoxy) is 2. The Hall–Kier alpha value is -3.72. The van der Waals surface area contributed by atoms with E-state index < -0.39 is 0 Å². The summed E-state index contributed by atoms with van der Waals surface area (Å²) < 4.78 is 12.0. The molecule has 176 valence electrons. The number of hydrogen-bond donors (Lipinski definition) is 2. The van der Waals surface area contributed by atoms with E-state index in [-0.39, 0.29) is 17.2 Å². The van der Waals surface area contributed by atoms with Crippen LogP contribution in [-0.2, 0) is 18.3 Å². The highest BCUT2D eigenvalue weighted by Crippen LogP contribution is 2.28. The first kappa shape index (κ1) is 23.4. The summed E-state index contributed by atoms with van der Waals surface area (Å²) in [5.41, 5.74) is 3.73. The average molecular weight is 479 g/mol. The van der Waals surface area contributed by atoms with Crippen LogP contribution in [0.15, 0.2) is 64.7 Å². The van der Waals surface area contributed by atoms with Gasteiger partial charge in [-0.2, -0.15) is 0 Å². The Bertz CT molecular complexity index is 1360. The maximum absolute atomic E-state index is 12.8. The van der Waals surface area contributed by atoms with Crippen LogP contribution in [0.4, 0.5) is 0 Å².